The fraction of sp³-hybridized carbons (Fsp3) is 0.174. The van der Waals surface area contributed by atoms with Gasteiger partial charge < -0.3 is 10.3 Å². The lowest BCUT2D eigenvalue weighted by atomic mass is 10.0. The van der Waals surface area contributed by atoms with E-state index < -0.39 is 0 Å². The Hall–Kier alpha value is -3.85. The molecule has 0 aliphatic rings. The van der Waals surface area contributed by atoms with E-state index in [2.05, 4.69) is 25.8 Å². The van der Waals surface area contributed by atoms with Crippen molar-refractivity contribution in [2.75, 3.05) is 0 Å². The van der Waals surface area contributed by atoms with Crippen molar-refractivity contribution in [2.24, 2.45) is 0 Å². The van der Waals surface area contributed by atoms with Crippen LogP contribution in [0, 0.1) is 13.8 Å². The molecule has 2 N–H and O–H groups in total. The lowest BCUT2D eigenvalue weighted by Gasteiger charge is -2.18. The van der Waals surface area contributed by atoms with Crippen LogP contribution in [0.5, 0.6) is 0 Å². The van der Waals surface area contributed by atoms with Gasteiger partial charge in [-0.1, -0.05) is 42.5 Å². The van der Waals surface area contributed by atoms with Gasteiger partial charge in [-0.3, -0.25) is 4.79 Å². The van der Waals surface area contributed by atoms with Crippen LogP contribution in [-0.4, -0.2) is 36.1 Å². The maximum Gasteiger partial charge on any atom is 0.255 e. The van der Waals surface area contributed by atoms with E-state index in [1.54, 1.807) is 0 Å². The number of carbonyl (C=O) groups excluding carboxylic acids is 1. The van der Waals surface area contributed by atoms with Gasteiger partial charge >= 0.3 is 0 Å². The Kier molecular flexibility index (Phi) is 5.24. The summed E-state index contributed by atoms with van der Waals surface area (Å²) in [7, 11) is 0. The topological polar surface area (TPSA) is 101 Å². The maximum atomic E-state index is 13.6. The minimum atomic E-state index is -0.335. The number of amides is 1. The van der Waals surface area contributed by atoms with E-state index in [9.17, 15) is 4.79 Å². The molecule has 8 nitrogen and oxygen atoms in total. The highest BCUT2D eigenvalue weighted by Gasteiger charge is 2.26. The Morgan fingerprint density at radius 3 is 2.66 bits per heavy atom. The van der Waals surface area contributed by atoms with Gasteiger partial charge in [0.2, 0.25) is 0 Å². The molecular formula is C23H21N7OS. The van der Waals surface area contributed by atoms with Crippen LogP contribution in [0.15, 0.2) is 60.9 Å². The average molecular weight is 444 g/mol. The van der Waals surface area contributed by atoms with Crippen molar-refractivity contribution in [1.82, 2.24) is 35.5 Å². The highest BCUT2D eigenvalue weighted by Crippen LogP contribution is 2.31. The van der Waals surface area contributed by atoms with Gasteiger partial charge in [0.15, 0.2) is 0 Å². The molecule has 0 saturated carbocycles. The normalized spacial score (nSPS) is 12.2. The molecule has 0 aliphatic carbocycles. The van der Waals surface area contributed by atoms with Crippen molar-refractivity contribution in [3.8, 4) is 5.00 Å². The number of hydrogen-bond acceptors (Lipinski definition) is 6. The molecule has 0 fully saturated rings. The fourth-order valence-electron chi connectivity index (χ4n) is 3.73. The second-order valence-corrected chi connectivity index (χ2v) is 8.78. The molecular weight excluding hydrogens is 422 g/mol. The van der Waals surface area contributed by atoms with Crippen LogP contribution >= 0.6 is 11.3 Å². The summed E-state index contributed by atoms with van der Waals surface area (Å²) >= 11 is 1.49. The third kappa shape index (κ3) is 3.78. The number of tetrazole rings is 1. The minimum absolute atomic E-state index is 0.182. The smallest absolute Gasteiger partial charge is 0.255 e. The predicted molar refractivity (Wildman–Crippen MR) is 123 cm³/mol. The first-order valence-corrected chi connectivity index (χ1v) is 11.0. The van der Waals surface area contributed by atoms with E-state index in [1.807, 2.05) is 68.4 Å². The quantitative estimate of drug-likeness (QED) is 0.414. The number of thiophene rings is 1. The number of nitrogens with one attached hydrogen (secondary N) is 2. The molecule has 3 heterocycles. The van der Waals surface area contributed by atoms with Crippen molar-refractivity contribution in [2.45, 2.75) is 26.3 Å². The Labute approximate surface area is 188 Å². The first-order valence-electron chi connectivity index (χ1n) is 10.2. The van der Waals surface area contributed by atoms with Crippen molar-refractivity contribution in [3.63, 3.8) is 0 Å². The average Bonchev–Trinajstić information content (AvgIpc) is 3.53. The largest absolute Gasteiger partial charge is 0.342 e. The molecule has 9 heteroatoms. The summed E-state index contributed by atoms with van der Waals surface area (Å²) in [6, 6.07) is 17.6. The molecule has 160 valence electrons. The number of H-pyrrole nitrogens is 1. The van der Waals surface area contributed by atoms with Gasteiger partial charge in [-0.05, 0) is 54.0 Å². The number of fused-ring (bicyclic) bond motifs is 1. The lowest BCUT2D eigenvalue weighted by Crippen LogP contribution is -2.31. The van der Waals surface area contributed by atoms with E-state index in [4.69, 9.17) is 4.98 Å². The summed E-state index contributed by atoms with van der Waals surface area (Å²) in [6.07, 6.45) is 2.11. The zero-order chi connectivity index (χ0) is 22.1. The monoisotopic (exact) mass is 443 g/mol. The Bertz CT molecular complexity index is 1340. The number of aromatic amines is 1. The number of nitrogens with zero attached hydrogens (tertiary/aromatic N) is 5. The number of imidazole rings is 1. The lowest BCUT2D eigenvalue weighted by molar-refractivity contribution is 0.0934. The first-order chi connectivity index (χ1) is 15.6. The third-order valence-electron chi connectivity index (χ3n) is 5.48. The zero-order valence-corrected chi connectivity index (χ0v) is 18.4. The van der Waals surface area contributed by atoms with Crippen LogP contribution < -0.4 is 5.32 Å². The molecule has 5 aromatic rings. The second kappa shape index (κ2) is 8.35. The van der Waals surface area contributed by atoms with Crippen LogP contribution in [0.1, 0.15) is 38.2 Å². The zero-order valence-electron chi connectivity index (χ0n) is 17.6. The van der Waals surface area contributed by atoms with E-state index in [0.29, 0.717) is 17.0 Å². The summed E-state index contributed by atoms with van der Waals surface area (Å²) in [5.41, 5.74) is 4.41. The number of para-hydroxylation sites is 2. The molecule has 0 spiro atoms. The first kappa shape index (κ1) is 20.1. The van der Waals surface area contributed by atoms with Gasteiger partial charge in [-0.25, -0.2) is 4.98 Å². The van der Waals surface area contributed by atoms with Gasteiger partial charge in [0.25, 0.3) is 5.91 Å². The number of rotatable bonds is 6. The van der Waals surface area contributed by atoms with Crippen molar-refractivity contribution in [1.29, 1.82) is 0 Å². The number of carbonyl (C=O) groups is 1. The minimum Gasteiger partial charge on any atom is -0.342 e. The van der Waals surface area contributed by atoms with Crippen LogP contribution in [0.4, 0.5) is 0 Å². The summed E-state index contributed by atoms with van der Waals surface area (Å²) in [5.74, 6) is 0.538. The van der Waals surface area contributed by atoms with E-state index in [-0.39, 0.29) is 11.9 Å². The summed E-state index contributed by atoms with van der Waals surface area (Å²) in [5, 5.41) is 15.3. The van der Waals surface area contributed by atoms with Crippen LogP contribution in [0.25, 0.3) is 16.0 Å². The molecule has 0 radical (unpaired) electrons. The number of aryl methyl sites for hydroxylation is 1. The molecule has 0 bridgehead atoms. The molecule has 0 unspecified atom stereocenters. The molecule has 32 heavy (non-hydrogen) atoms. The highest BCUT2D eigenvalue weighted by molar-refractivity contribution is 7.15. The third-order valence-corrected chi connectivity index (χ3v) is 6.67. The number of hydrogen-bond donors (Lipinski definition) is 2. The van der Waals surface area contributed by atoms with Gasteiger partial charge in [0, 0.05) is 4.88 Å². The van der Waals surface area contributed by atoms with Gasteiger partial charge in [-0.2, -0.15) is 4.68 Å². The molecule has 1 amide bonds. The van der Waals surface area contributed by atoms with Gasteiger partial charge in [-0.15, -0.1) is 16.4 Å². The molecule has 0 aliphatic heterocycles. The molecule has 0 saturated heterocycles. The fourth-order valence-corrected chi connectivity index (χ4v) is 4.80. The molecule has 2 aromatic carbocycles. The molecule has 5 rings (SSSR count). The molecule has 3 aromatic heterocycles. The van der Waals surface area contributed by atoms with Crippen molar-refractivity contribution >= 4 is 28.3 Å². The molecule has 1 atom stereocenters. The predicted octanol–water partition coefficient (Wildman–Crippen LogP) is 3.93. The Morgan fingerprint density at radius 1 is 1.12 bits per heavy atom. The van der Waals surface area contributed by atoms with E-state index >= 15 is 0 Å². The standard InChI is InChI=1S/C23H21N7OS/c1-14-15(2)32-23(30-13-24-28-29-30)20(14)22(31)27-19(12-16-8-4-3-5-9-16)21-25-17-10-6-7-11-18(17)26-21/h3-11,13,19H,12H2,1-2H3,(H,25,26)(H,27,31)/t19-/m1/s1. The summed E-state index contributed by atoms with van der Waals surface area (Å²) in [4.78, 5) is 22.7. The van der Waals surface area contributed by atoms with Crippen LogP contribution in [0.2, 0.25) is 0 Å². The summed E-state index contributed by atoms with van der Waals surface area (Å²) < 4.78 is 1.53. The Morgan fingerprint density at radius 2 is 1.91 bits per heavy atom. The van der Waals surface area contributed by atoms with Crippen molar-refractivity contribution < 1.29 is 4.79 Å². The van der Waals surface area contributed by atoms with Crippen LogP contribution in [0.3, 0.4) is 0 Å². The SMILES string of the molecule is Cc1sc(-n2cnnn2)c(C(=O)N[C@H](Cc2ccccc2)c2nc3ccccc3[nH]2)c1C. The van der Waals surface area contributed by atoms with Gasteiger partial charge in [0.05, 0.1) is 22.6 Å². The number of benzene rings is 2. The van der Waals surface area contributed by atoms with E-state index in [1.165, 1.54) is 22.3 Å². The highest BCUT2D eigenvalue weighted by atomic mass is 32.1. The number of aromatic nitrogens is 6. The van der Waals surface area contributed by atoms with Crippen molar-refractivity contribution in [3.05, 3.63) is 88.3 Å². The summed E-state index contributed by atoms with van der Waals surface area (Å²) in [6.45, 7) is 3.94. The Balaban J connectivity index is 1.52. The maximum absolute atomic E-state index is 13.6. The van der Waals surface area contributed by atoms with Gasteiger partial charge in [0.1, 0.15) is 17.2 Å². The second-order valence-electron chi connectivity index (χ2n) is 7.57. The van der Waals surface area contributed by atoms with E-state index in [0.717, 1.165) is 32.9 Å². The van der Waals surface area contributed by atoms with Crippen LogP contribution in [-0.2, 0) is 6.42 Å².